The van der Waals surface area contributed by atoms with Crippen LogP contribution in [0.1, 0.15) is 0 Å². The molecule has 0 aliphatic carbocycles. The number of nitrogens with zero attached hydrogens (tertiary/aromatic N) is 2. The molecule has 9 aromatic carbocycles. The maximum Gasteiger partial charge on any atom is 0.124 e. The van der Waals surface area contributed by atoms with E-state index in [2.05, 4.69) is 199 Å². The first-order chi connectivity index (χ1) is 27.2. The van der Waals surface area contributed by atoms with E-state index < -0.39 is 0 Å². The molecule has 0 amide bonds. The van der Waals surface area contributed by atoms with Crippen molar-refractivity contribution in [2.24, 2.45) is 0 Å². The Kier molecular flexibility index (Phi) is 7.58. The minimum atomic E-state index is 1.04. The van der Waals surface area contributed by atoms with E-state index in [1.54, 1.807) is 11.3 Å². The lowest BCUT2D eigenvalue weighted by molar-refractivity contribution is 1.30. The van der Waals surface area contributed by atoms with Crippen LogP contribution < -0.4 is 4.90 Å². The zero-order valence-corrected chi connectivity index (χ0v) is 31.3. The van der Waals surface area contributed by atoms with Gasteiger partial charge in [0.05, 0.1) is 10.2 Å². The lowest BCUT2D eigenvalue weighted by atomic mass is 9.93. The van der Waals surface area contributed by atoms with E-state index in [0.29, 0.717) is 0 Å². The molecule has 55 heavy (non-hydrogen) atoms. The predicted octanol–water partition coefficient (Wildman–Crippen LogP) is 15.4. The third kappa shape index (κ3) is 5.49. The zero-order valence-electron chi connectivity index (χ0n) is 29.7. The maximum atomic E-state index is 5.30. The van der Waals surface area contributed by atoms with Crippen LogP contribution in [0.3, 0.4) is 0 Å². The van der Waals surface area contributed by atoms with Crippen LogP contribution in [0.25, 0.3) is 84.8 Å². The smallest absolute Gasteiger partial charge is 0.124 e. The molecule has 0 atom stereocenters. The summed E-state index contributed by atoms with van der Waals surface area (Å²) in [4.78, 5) is 7.73. The molecule has 0 aliphatic heterocycles. The van der Waals surface area contributed by atoms with Crippen LogP contribution in [-0.2, 0) is 0 Å². The highest BCUT2D eigenvalue weighted by atomic mass is 32.1. The molecule has 2 heterocycles. The topological polar surface area (TPSA) is 16.1 Å². The normalized spacial score (nSPS) is 11.6. The van der Waals surface area contributed by atoms with Crippen LogP contribution in [0.5, 0.6) is 0 Å². The number of thiazole rings is 1. The van der Waals surface area contributed by atoms with Gasteiger partial charge >= 0.3 is 0 Å². The molecule has 0 fully saturated rings. The summed E-state index contributed by atoms with van der Waals surface area (Å²) in [7, 11) is 0. The second-order valence-corrected chi connectivity index (χ2v) is 16.1. The quantitative estimate of drug-likeness (QED) is 0.158. The summed E-state index contributed by atoms with van der Waals surface area (Å²) in [5, 5.41) is 8.39. The van der Waals surface area contributed by atoms with E-state index >= 15 is 0 Å². The first kappa shape index (κ1) is 31.9. The maximum absolute atomic E-state index is 5.30. The molecule has 0 unspecified atom stereocenters. The minimum Gasteiger partial charge on any atom is -0.310 e. The summed E-state index contributed by atoms with van der Waals surface area (Å²) in [6.07, 6.45) is 0. The molecule has 0 aliphatic rings. The van der Waals surface area contributed by atoms with Gasteiger partial charge in [-0.3, -0.25) is 0 Å². The number of rotatable bonds is 6. The Hall–Kier alpha value is -6.59. The van der Waals surface area contributed by atoms with Crippen molar-refractivity contribution >= 4 is 91.7 Å². The van der Waals surface area contributed by atoms with Crippen molar-refractivity contribution < 1.29 is 0 Å². The van der Waals surface area contributed by atoms with E-state index in [9.17, 15) is 0 Å². The van der Waals surface area contributed by atoms with Gasteiger partial charge in [-0.25, -0.2) is 4.98 Å². The molecule has 0 N–H and O–H groups in total. The second-order valence-electron chi connectivity index (χ2n) is 13.9. The Morgan fingerprint density at radius 2 is 0.909 bits per heavy atom. The molecule has 11 aromatic rings. The van der Waals surface area contributed by atoms with E-state index in [1.807, 2.05) is 11.3 Å². The van der Waals surface area contributed by atoms with Gasteiger partial charge in [-0.1, -0.05) is 140 Å². The van der Waals surface area contributed by atoms with Crippen LogP contribution in [0.15, 0.2) is 194 Å². The van der Waals surface area contributed by atoms with Gasteiger partial charge in [0, 0.05) is 48.2 Å². The van der Waals surface area contributed by atoms with Crippen LogP contribution in [0.4, 0.5) is 17.1 Å². The van der Waals surface area contributed by atoms with Crippen LogP contribution >= 0.6 is 22.7 Å². The van der Waals surface area contributed by atoms with Gasteiger partial charge in [-0.15, -0.1) is 22.7 Å². The molecule has 2 aromatic heterocycles. The van der Waals surface area contributed by atoms with Crippen LogP contribution in [0.2, 0.25) is 0 Å². The number of hydrogen-bond acceptors (Lipinski definition) is 4. The molecule has 0 bridgehead atoms. The Balaban J connectivity index is 1.17. The molecule has 4 heteroatoms. The molecule has 11 rings (SSSR count). The molecular weight excluding hydrogens is 705 g/mol. The van der Waals surface area contributed by atoms with Gasteiger partial charge in [-0.2, -0.15) is 0 Å². The van der Waals surface area contributed by atoms with Crippen molar-refractivity contribution in [3.05, 3.63) is 194 Å². The van der Waals surface area contributed by atoms with Gasteiger partial charge in [-0.05, 0) is 93.0 Å². The molecule has 0 spiro atoms. The van der Waals surface area contributed by atoms with E-state index in [-0.39, 0.29) is 0 Å². The summed E-state index contributed by atoms with van der Waals surface area (Å²) >= 11 is 3.61. The molecule has 258 valence electrons. The number of thiophene rings is 1. The third-order valence-electron chi connectivity index (χ3n) is 10.7. The fourth-order valence-corrected chi connectivity index (χ4v) is 10.1. The standard InChI is InChI=1S/C51H32N2S2/c1-4-12-33(13-5-1)41-27-25-39(30-43(41)34-14-6-2-7-15-34)53(40-26-29-47-45(32-40)42-18-10-11-19-46(42)54-47)38-24-22-35-20-21-36-23-28-48-50(49(36)44(35)31-38)52-51(55-48)37-16-8-3-9-17-37/h1-32H. The predicted molar refractivity (Wildman–Crippen MR) is 239 cm³/mol. The number of hydrogen-bond donors (Lipinski definition) is 0. The number of anilines is 3. The van der Waals surface area contributed by atoms with Crippen molar-refractivity contribution in [1.29, 1.82) is 0 Å². The summed E-state index contributed by atoms with van der Waals surface area (Å²) in [5.74, 6) is 0. The lowest BCUT2D eigenvalue weighted by Crippen LogP contribution is -2.10. The van der Waals surface area contributed by atoms with E-state index in [1.165, 1.54) is 68.7 Å². The highest BCUT2D eigenvalue weighted by Gasteiger charge is 2.20. The second kappa shape index (κ2) is 13.1. The SMILES string of the molecule is c1ccc(-c2nc3c(ccc4ccc5ccc(N(c6ccc(-c7ccccc7)c(-c7ccccc7)c6)c6ccc7sc8ccccc8c7c6)cc5c43)s2)cc1. The number of benzene rings is 9. The molecular formula is C51H32N2S2. The van der Waals surface area contributed by atoms with Gasteiger partial charge in [0.15, 0.2) is 0 Å². The lowest BCUT2D eigenvalue weighted by Gasteiger charge is -2.27. The fraction of sp³-hybridized carbons (Fsp3) is 0. The Bertz CT molecular complexity index is 3200. The van der Waals surface area contributed by atoms with Crippen LogP contribution in [-0.4, -0.2) is 4.98 Å². The monoisotopic (exact) mass is 736 g/mol. The van der Waals surface area contributed by atoms with Gasteiger partial charge in [0.1, 0.15) is 5.01 Å². The Labute approximate surface area is 326 Å². The molecule has 0 radical (unpaired) electrons. The van der Waals surface area contributed by atoms with Crippen molar-refractivity contribution in [3.8, 4) is 32.8 Å². The third-order valence-corrected chi connectivity index (χ3v) is 12.9. The Morgan fingerprint density at radius 3 is 1.69 bits per heavy atom. The van der Waals surface area contributed by atoms with Crippen molar-refractivity contribution in [1.82, 2.24) is 4.98 Å². The van der Waals surface area contributed by atoms with Gasteiger partial charge < -0.3 is 4.90 Å². The highest BCUT2D eigenvalue weighted by molar-refractivity contribution is 7.25. The summed E-state index contributed by atoms with van der Waals surface area (Å²) in [6, 6.07) is 70.5. The van der Waals surface area contributed by atoms with Gasteiger partial charge in [0.2, 0.25) is 0 Å². The number of aromatic nitrogens is 1. The number of fused-ring (bicyclic) bond motifs is 8. The first-order valence-electron chi connectivity index (χ1n) is 18.5. The van der Waals surface area contributed by atoms with Crippen LogP contribution in [0, 0.1) is 0 Å². The Morgan fingerprint density at radius 1 is 0.364 bits per heavy atom. The molecule has 0 saturated carbocycles. The van der Waals surface area contributed by atoms with E-state index in [4.69, 9.17) is 4.98 Å². The van der Waals surface area contributed by atoms with Gasteiger partial charge in [0.25, 0.3) is 0 Å². The molecule has 2 nitrogen and oxygen atoms in total. The average molecular weight is 737 g/mol. The van der Waals surface area contributed by atoms with Crippen molar-refractivity contribution in [3.63, 3.8) is 0 Å². The largest absolute Gasteiger partial charge is 0.310 e. The van der Waals surface area contributed by atoms with Crippen molar-refractivity contribution in [2.75, 3.05) is 4.90 Å². The summed E-state index contributed by atoms with van der Waals surface area (Å²) in [6.45, 7) is 0. The average Bonchev–Trinajstić information content (AvgIpc) is 3.87. The first-order valence-corrected chi connectivity index (χ1v) is 20.2. The highest BCUT2D eigenvalue weighted by Crippen LogP contribution is 2.45. The zero-order chi connectivity index (χ0) is 36.3. The van der Waals surface area contributed by atoms with Crippen molar-refractivity contribution in [2.45, 2.75) is 0 Å². The minimum absolute atomic E-state index is 1.04. The fourth-order valence-electron chi connectivity index (χ4n) is 8.06. The van der Waals surface area contributed by atoms with E-state index in [0.717, 1.165) is 33.1 Å². The summed E-state index contributed by atoms with van der Waals surface area (Å²) < 4.78 is 3.79. The molecule has 0 saturated heterocycles. The summed E-state index contributed by atoms with van der Waals surface area (Å²) in [5.41, 5.74) is 10.3.